The summed E-state index contributed by atoms with van der Waals surface area (Å²) in [6.45, 7) is 5.58. The van der Waals surface area contributed by atoms with Gasteiger partial charge in [-0.3, -0.25) is 14.6 Å². The number of carbonyl (C=O) groups is 1. The first-order chi connectivity index (χ1) is 14.5. The van der Waals surface area contributed by atoms with Crippen molar-refractivity contribution in [3.63, 3.8) is 0 Å². The molecule has 0 saturated heterocycles. The molecule has 4 aromatic rings. The number of amides is 1. The Bertz CT molecular complexity index is 1260. The summed E-state index contributed by atoms with van der Waals surface area (Å²) in [7, 11) is 0. The van der Waals surface area contributed by atoms with E-state index >= 15 is 0 Å². The highest BCUT2D eigenvalue weighted by atomic mass is 16.2. The highest BCUT2D eigenvalue weighted by Gasteiger charge is 2.23. The molecule has 8 nitrogen and oxygen atoms in total. The molecule has 0 aliphatic carbocycles. The Hall–Kier alpha value is -3.81. The maximum atomic E-state index is 13.2. The molecule has 4 rings (SSSR count). The summed E-state index contributed by atoms with van der Waals surface area (Å²) in [5.74, 6) is -0.304. The van der Waals surface area contributed by atoms with Crippen LogP contribution in [0, 0.1) is 13.8 Å². The molecule has 3 aromatic heterocycles. The van der Waals surface area contributed by atoms with E-state index in [2.05, 4.69) is 20.5 Å². The van der Waals surface area contributed by atoms with Crippen LogP contribution in [-0.4, -0.2) is 30.5 Å². The molecule has 8 heteroatoms. The summed E-state index contributed by atoms with van der Waals surface area (Å²) in [6.07, 6.45) is 1.67. The van der Waals surface area contributed by atoms with Crippen molar-refractivity contribution in [2.24, 2.45) is 0 Å². The molecular formula is C22H22N6O2. The van der Waals surface area contributed by atoms with E-state index in [0.29, 0.717) is 22.3 Å². The first-order valence-corrected chi connectivity index (χ1v) is 9.69. The predicted molar refractivity (Wildman–Crippen MR) is 113 cm³/mol. The minimum atomic E-state index is -0.774. The molecule has 3 heterocycles. The summed E-state index contributed by atoms with van der Waals surface area (Å²) in [5, 5.41) is 12.3. The maximum Gasteiger partial charge on any atom is 0.278 e. The summed E-state index contributed by atoms with van der Waals surface area (Å²) in [5.41, 5.74) is 3.10. The highest BCUT2D eigenvalue weighted by Crippen LogP contribution is 2.20. The smallest absolute Gasteiger partial charge is 0.278 e. The Kier molecular flexibility index (Phi) is 5.14. The summed E-state index contributed by atoms with van der Waals surface area (Å²) < 4.78 is 2.96. The van der Waals surface area contributed by atoms with E-state index in [-0.39, 0.29) is 18.0 Å². The molecule has 0 aliphatic heterocycles. The average molecular weight is 402 g/mol. The number of rotatable bonds is 5. The zero-order valence-corrected chi connectivity index (χ0v) is 17.0. The number of para-hydroxylation sites is 1. The van der Waals surface area contributed by atoms with Crippen molar-refractivity contribution in [3.8, 4) is 5.69 Å². The maximum absolute atomic E-state index is 13.2. The van der Waals surface area contributed by atoms with Crippen molar-refractivity contribution in [2.45, 2.75) is 33.4 Å². The van der Waals surface area contributed by atoms with E-state index in [1.165, 1.54) is 4.68 Å². The zero-order chi connectivity index (χ0) is 21.3. The number of nitrogens with one attached hydrogen (secondary N) is 1. The molecule has 1 amide bonds. The number of fused-ring (bicyclic) bond motifs is 1. The molecule has 0 spiro atoms. The third kappa shape index (κ3) is 3.47. The van der Waals surface area contributed by atoms with E-state index in [1.54, 1.807) is 24.7 Å². The Balaban J connectivity index is 1.69. The van der Waals surface area contributed by atoms with Crippen LogP contribution in [0.15, 0.2) is 59.5 Å². The van der Waals surface area contributed by atoms with Crippen LogP contribution in [0.4, 0.5) is 0 Å². The van der Waals surface area contributed by atoms with Crippen molar-refractivity contribution in [1.29, 1.82) is 0 Å². The average Bonchev–Trinajstić information content (AvgIpc) is 3.13. The van der Waals surface area contributed by atoms with Gasteiger partial charge in [-0.25, -0.2) is 9.36 Å². The molecule has 0 bridgehead atoms. The second-order valence-electron chi connectivity index (χ2n) is 7.11. The van der Waals surface area contributed by atoms with Crippen LogP contribution >= 0.6 is 0 Å². The lowest BCUT2D eigenvalue weighted by Crippen LogP contribution is -2.37. The van der Waals surface area contributed by atoms with Crippen molar-refractivity contribution in [2.75, 3.05) is 0 Å². The highest BCUT2D eigenvalue weighted by molar-refractivity contribution is 5.84. The quantitative estimate of drug-likeness (QED) is 0.553. The van der Waals surface area contributed by atoms with E-state index in [0.717, 1.165) is 11.4 Å². The number of aryl methyl sites for hydroxylation is 2. The topological polar surface area (TPSA) is 94.7 Å². The van der Waals surface area contributed by atoms with Gasteiger partial charge >= 0.3 is 0 Å². The van der Waals surface area contributed by atoms with Gasteiger partial charge in [-0.05, 0) is 45.0 Å². The lowest BCUT2D eigenvalue weighted by atomic mass is 10.2. The molecule has 0 saturated carbocycles. The SMILES string of the molecule is Cc1nn([C@H](C)C(=O)NCc2ccccn2)c(=O)c2c(C)n(-c3ccccc3)nc12. The van der Waals surface area contributed by atoms with Crippen LogP contribution < -0.4 is 10.9 Å². The third-order valence-electron chi connectivity index (χ3n) is 5.06. The van der Waals surface area contributed by atoms with Gasteiger partial charge in [-0.1, -0.05) is 24.3 Å². The van der Waals surface area contributed by atoms with Gasteiger partial charge in [0.15, 0.2) is 0 Å². The molecule has 0 fully saturated rings. The van der Waals surface area contributed by atoms with Gasteiger partial charge in [0.1, 0.15) is 11.6 Å². The van der Waals surface area contributed by atoms with Crippen molar-refractivity contribution in [1.82, 2.24) is 29.9 Å². The van der Waals surface area contributed by atoms with Gasteiger partial charge in [0.2, 0.25) is 5.91 Å². The van der Waals surface area contributed by atoms with E-state index in [4.69, 9.17) is 0 Å². The molecule has 1 aromatic carbocycles. The van der Waals surface area contributed by atoms with Gasteiger partial charge in [0.25, 0.3) is 5.56 Å². The van der Waals surface area contributed by atoms with Gasteiger partial charge in [0, 0.05) is 6.20 Å². The fourth-order valence-electron chi connectivity index (χ4n) is 3.40. The number of aromatic nitrogens is 5. The number of nitrogens with zero attached hydrogens (tertiary/aromatic N) is 5. The van der Waals surface area contributed by atoms with Crippen molar-refractivity contribution in [3.05, 3.63) is 82.2 Å². The normalized spacial score (nSPS) is 12.1. The van der Waals surface area contributed by atoms with Crippen LogP contribution in [-0.2, 0) is 11.3 Å². The van der Waals surface area contributed by atoms with Crippen LogP contribution in [0.1, 0.15) is 30.0 Å². The lowest BCUT2D eigenvalue weighted by molar-refractivity contribution is -0.124. The minimum absolute atomic E-state index is 0.283. The third-order valence-corrected chi connectivity index (χ3v) is 5.06. The summed E-state index contributed by atoms with van der Waals surface area (Å²) in [6, 6.07) is 14.3. The largest absolute Gasteiger partial charge is 0.349 e. The second-order valence-corrected chi connectivity index (χ2v) is 7.11. The minimum Gasteiger partial charge on any atom is -0.349 e. The van der Waals surface area contributed by atoms with Crippen LogP contribution in [0.25, 0.3) is 16.6 Å². The van der Waals surface area contributed by atoms with Crippen molar-refractivity contribution < 1.29 is 4.79 Å². The van der Waals surface area contributed by atoms with E-state index in [9.17, 15) is 9.59 Å². The molecular weight excluding hydrogens is 380 g/mol. The van der Waals surface area contributed by atoms with Crippen molar-refractivity contribution >= 4 is 16.8 Å². The standard InChI is InChI=1S/C22H22N6O2/c1-14-20-19(15(2)27(26-20)18-10-5-4-6-11-18)22(30)28(25-14)16(3)21(29)24-13-17-9-7-8-12-23-17/h4-12,16H,13H2,1-3H3,(H,24,29)/t16-/m1/s1. The van der Waals surface area contributed by atoms with Gasteiger partial charge < -0.3 is 5.32 Å². The molecule has 152 valence electrons. The number of hydrogen-bond acceptors (Lipinski definition) is 5. The number of hydrogen-bond donors (Lipinski definition) is 1. The fourth-order valence-corrected chi connectivity index (χ4v) is 3.40. The molecule has 0 radical (unpaired) electrons. The molecule has 1 atom stereocenters. The number of benzene rings is 1. The van der Waals surface area contributed by atoms with Gasteiger partial charge in [-0.15, -0.1) is 0 Å². The van der Waals surface area contributed by atoms with Crippen LogP contribution in [0.3, 0.4) is 0 Å². The summed E-state index contributed by atoms with van der Waals surface area (Å²) in [4.78, 5) is 30.1. The van der Waals surface area contributed by atoms with Gasteiger partial charge in [0.05, 0.1) is 34.7 Å². The first kappa shape index (κ1) is 19.5. The summed E-state index contributed by atoms with van der Waals surface area (Å²) >= 11 is 0. The second kappa shape index (κ2) is 7.90. The molecule has 0 unspecified atom stereocenters. The molecule has 1 N–H and O–H groups in total. The first-order valence-electron chi connectivity index (χ1n) is 9.69. The lowest BCUT2D eigenvalue weighted by Gasteiger charge is -2.14. The van der Waals surface area contributed by atoms with Gasteiger partial charge in [-0.2, -0.15) is 10.2 Å². The predicted octanol–water partition coefficient (Wildman–Crippen LogP) is 2.47. The van der Waals surface area contributed by atoms with E-state index in [1.807, 2.05) is 55.5 Å². The Morgan fingerprint density at radius 3 is 2.50 bits per heavy atom. The Labute approximate surface area is 173 Å². The van der Waals surface area contributed by atoms with E-state index < -0.39 is 6.04 Å². The number of pyridine rings is 1. The fraction of sp³-hybridized carbons (Fsp3) is 0.227. The molecule has 0 aliphatic rings. The monoisotopic (exact) mass is 402 g/mol. The van der Waals surface area contributed by atoms with Crippen LogP contribution in [0.2, 0.25) is 0 Å². The number of carbonyl (C=O) groups excluding carboxylic acids is 1. The van der Waals surface area contributed by atoms with Crippen LogP contribution in [0.5, 0.6) is 0 Å². The Morgan fingerprint density at radius 2 is 1.80 bits per heavy atom. The Morgan fingerprint density at radius 1 is 1.07 bits per heavy atom. The zero-order valence-electron chi connectivity index (χ0n) is 17.0. The molecule has 30 heavy (non-hydrogen) atoms.